The summed E-state index contributed by atoms with van der Waals surface area (Å²) < 4.78 is 0. The monoisotopic (exact) mass is 339 g/mol. The van der Waals surface area contributed by atoms with E-state index in [-0.39, 0.29) is 12.5 Å². The number of halogens is 1. The molecule has 0 spiro atoms. The molecule has 0 aromatic heterocycles. The highest BCUT2D eigenvalue weighted by Gasteiger charge is 2.16. The van der Waals surface area contributed by atoms with E-state index in [0.717, 1.165) is 31.6 Å². The molecule has 1 aromatic carbocycles. The number of carbonyl (C=O) groups excluding carboxylic acids is 1. The normalized spacial score (nSPS) is 14.4. The van der Waals surface area contributed by atoms with Gasteiger partial charge in [-0.05, 0) is 43.9 Å². The average Bonchev–Trinajstić information content (AvgIpc) is 2.52. The molecule has 0 atom stereocenters. The lowest BCUT2D eigenvalue weighted by molar-refractivity contribution is -0.137. The Morgan fingerprint density at radius 3 is 2.65 bits per heavy atom. The van der Waals surface area contributed by atoms with Gasteiger partial charge in [0.1, 0.15) is 0 Å². The molecule has 1 heterocycles. The lowest BCUT2D eigenvalue weighted by Crippen LogP contribution is -2.33. The van der Waals surface area contributed by atoms with Crippen molar-refractivity contribution in [3.63, 3.8) is 0 Å². The number of amides is 2. The number of nitrogens with one attached hydrogen (secondary N) is 2. The van der Waals surface area contributed by atoms with E-state index in [1.807, 2.05) is 12.1 Å². The molecule has 126 valence electrons. The Kier molecular flexibility index (Phi) is 6.52. The number of benzene rings is 1. The number of piperidine rings is 1. The van der Waals surface area contributed by atoms with Crippen LogP contribution in [0.2, 0.25) is 5.02 Å². The molecule has 1 aliphatic rings. The Morgan fingerprint density at radius 2 is 1.96 bits per heavy atom. The molecule has 0 unspecified atom stereocenters. The molecule has 23 heavy (non-hydrogen) atoms. The number of hydrogen-bond acceptors (Lipinski definition) is 3. The highest BCUT2D eigenvalue weighted by molar-refractivity contribution is 6.31. The van der Waals surface area contributed by atoms with Crippen molar-refractivity contribution in [1.29, 1.82) is 0 Å². The summed E-state index contributed by atoms with van der Waals surface area (Å²) in [6.07, 6.45) is 3.96. The number of anilines is 2. The van der Waals surface area contributed by atoms with Crippen molar-refractivity contribution in [2.24, 2.45) is 0 Å². The Morgan fingerprint density at radius 1 is 1.22 bits per heavy atom. The van der Waals surface area contributed by atoms with Crippen molar-refractivity contribution in [3.05, 3.63) is 23.2 Å². The molecule has 0 aliphatic carbocycles. The van der Waals surface area contributed by atoms with Crippen LogP contribution in [-0.2, 0) is 4.79 Å². The van der Waals surface area contributed by atoms with Gasteiger partial charge in [-0.1, -0.05) is 11.6 Å². The van der Waals surface area contributed by atoms with Crippen LogP contribution in [0.15, 0.2) is 18.2 Å². The Bertz CT molecular complexity index is 560. The smallest absolute Gasteiger partial charge is 0.319 e. The maximum absolute atomic E-state index is 12.0. The second kappa shape index (κ2) is 8.62. The van der Waals surface area contributed by atoms with Gasteiger partial charge in [-0.15, -0.1) is 0 Å². The second-order valence-corrected chi connectivity index (χ2v) is 6.02. The van der Waals surface area contributed by atoms with Crippen LogP contribution in [0.3, 0.4) is 0 Å². The molecule has 3 N–H and O–H groups in total. The minimum Gasteiger partial charge on any atom is -0.481 e. The standard InChI is InChI=1S/C16H22ClN3O3/c17-12-6-7-14(20-9-2-1-3-10-20)13(11-12)19-16(23)18-8-4-5-15(21)22/h6-7,11H,1-5,8-10H2,(H,21,22)(H2,18,19,23). The summed E-state index contributed by atoms with van der Waals surface area (Å²) in [5.74, 6) is -0.866. The third-order valence-corrected chi connectivity index (χ3v) is 3.99. The van der Waals surface area contributed by atoms with Gasteiger partial charge in [-0.2, -0.15) is 0 Å². The van der Waals surface area contributed by atoms with Crippen LogP contribution in [0, 0.1) is 0 Å². The van der Waals surface area contributed by atoms with Crippen LogP contribution in [-0.4, -0.2) is 36.7 Å². The minimum absolute atomic E-state index is 0.0382. The van der Waals surface area contributed by atoms with E-state index < -0.39 is 5.97 Å². The molecule has 6 nitrogen and oxygen atoms in total. The Balaban J connectivity index is 1.96. The molecule has 1 aromatic rings. The summed E-state index contributed by atoms with van der Waals surface area (Å²) in [6.45, 7) is 2.25. The molecule has 0 bridgehead atoms. The van der Waals surface area contributed by atoms with Gasteiger partial charge in [0.05, 0.1) is 11.4 Å². The molecule has 0 saturated carbocycles. The highest BCUT2D eigenvalue weighted by Crippen LogP contribution is 2.31. The van der Waals surface area contributed by atoms with Crippen LogP contribution in [0.25, 0.3) is 0 Å². The van der Waals surface area contributed by atoms with Gasteiger partial charge in [-0.25, -0.2) is 4.79 Å². The fourth-order valence-electron chi connectivity index (χ4n) is 2.63. The molecule has 7 heteroatoms. The number of carboxylic acids is 1. The average molecular weight is 340 g/mol. The summed E-state index contributed by atoms with van der Waals surface area (Å²) in [7, 11) is 0. The Labute approximate surface area is 140 Å². The molecular formula is C16H22ClN3O3. The number of urea groups is 1. The zero-order valence-electron chi connectivity index (χ0n) is 13.0. The van der Waals surface area contributed by atoms with E-state index >= 15 is 0 Å². The SMILES string of the molecule is O=C(O)CCCNC(=O)Nc1cc(Cl)ccc1N1CCCCC1. The Hall–Kier alpha value is -1.95. The lowest BCUT2D eigenvalue weighted by atomic mass is 10.1. The van der Waals surface area contributed by atoms with Gasteiger partial charge in [0.2, 0.25) is 0 Å². The van der Waals surface area contributed by atoms with E-state index in [0.29, 0.717) is 23.7 Å². The second-order valence-electron chi connectivity index (χ2n) is 5.59. The van der Waals surface area contributed by atoms with Crippen molar-refractivity contribution in [2.45, 2.75) is 32.1 Å². The molecule has 2 amide bonds. The number of hydrogen-bond donors (Lipinski definition) is 3. The van der Waals surface area contributed by atoms with E-state index in [1.54, 1.807) is 6.07 Å². The maximum Gasteiger partial charge on any atom is 0.319 e. The number of rotatable bonds is 6. The first-order chi connectivity index (χ1) is 11.1. The van der Waals surface area contributed by atoms with Gasteiger partial charge < -0.3 is 20.6 Å². The number of carbonyl (C=O) groups is 2. The predicted octanol–water partition coefficient (Wildman–Crippen LogP) is 3.32. The van der Waals surface area contributed by atoms with Crippen molar-refractivity contribution in [3.8, 4) is 0 Å². The summed E-state index contributed by atoms with van der Waals surface area (Å²) in [5.41, 5.74) is 1.64. The van der Waals surface area contributed by atoms with Crippen molar-refractivity contribution >= 4 is 35.0 Å². The van der Waals surface area contributed by atoms with Crippen LogP contribution >= 0.6 is 11.6 Å². The quantitative estimate of drug-likeness (QED) is 0.694. The molecule has 2 rings (SSSR count). The summed E-state index contributed by atoms with van der Waals surface area (Å²) in [5, 5.41) is 14.6. The first-order valence-electron chi connectivity index (χ1n) is 7.87. The summed E-state index contributed by atoms with van der Waals surface area (Å²) in [6, 6.07) is 5.13. The predicted molar refractivity (Wildman–Crippen MR) is 91.4 cm³/mol. The molecule has 1 aliphatic heterocycles. The lowest BCUT2D eigenvalue weighted by Gasteiger charge is -2.30. The van der Waals surface area contributed by atoms with E-state index in [2.05, 4.69) is 15.5 Å². The van der Waals surface area contributed by atoms with Crippen molar-refractivity contribution in [2.75, 3.05) is 29.9 Å². The van der Waals surface area contributed by atoms with Crippen LogP contribution < -0.4 is 15.5 Å². The fourth-order valence-corrected chi connectivity index (χ4v) is 2.80. The third kappa shape index (κ3) is 5.63. The summed E-state index contributed by atoms with van der Waals surface area (Å²) in [4.78, 5) is 24.7. The van der Waals surface area contributed by atoms with Crippen molar-refractivity contribution in [1.82, 2.24) is 5.32 Å². The van der Waals surface area contributed by atoms with Crippen molar-refractivity contribution < 1.29 is 14.7 Å². The highest BCUT2D eigenvalue weighted by atomic mass is 35.5. The number of carboxylic acid groups (broad SMARTS) is 1. The zero-order chi connectivity index (χ0) is 16.7. The van der Waals surface area contributed by atoms with Crippen LogP contribution in [0.5, 0.6) is 0 Å². The van der Waals surface area contributed by atoms with Gasteiger partial charge in [0.25, 0.3) is 0 Å². The third-order valence-electron chi connectivity index (χ3n) is 3.76. The van der Waals surface area contributed by atoms with E-state index in [4.69, 9.17) is 16.7 Å². The maximum atomic E-state index is 12.0. The van der Waals surface area contributed by atoms with E-state index in [9.17, 15) is 9.59 Å². The number of nitrogens with zero attached hydrogens (tertiary/aromatic N) is 1. The molecular weight excluding hydrogens is 318 g/mol. The first-order valence-corrected chi connectivity index (χ1v) is 8.25. The van der Waals surface area contributed by atoms with Gasteiger partial charge in [-0.3, -0.25) is 4.79 Å². The minimum atomic E-state index is -0.866. The van der Waals surface area contributed by atoms with Gasteiger partial charge >= 0.3 is 12.0 Å². The first kappa shape index (κ1) is 17.4. The van der Waals surface area contributed by atoms with Crippen LogP contribution in [0.4, 0.5) is 16.2 Å². The zero-order valence-corrected chi connectivity index (χ0v) is 13.7. The summed E-state index contributed by atoms with van der Waals surface area (Å²) >= 11 is 6.05. The molecule has 1 saturated heterocycles. The molecule has 1 fully saturated rings. The van der Waals surface area contributed by atoms with Gasteiger partial charge in [0.15, 0.2) is 0 Å². The molecule has 0 radical (unpaired) electrons. The fraction of sp³-hybridized carbons (Fsp3) is 0.500. The van der Waals surface area contributed by atoms with Crippen LogP contribution in [0.1, 0.15) is 32.1 Å². The topological polar surface area (TPSA) is 81.7 Å². The largest absolute Gasteiger partial charge is 0.481 e. The number of aliphatic carboxylic acids is 1. The van der Waals surface area contributed by atoms with Gasteiger partial charge in [0, 0.05) is 31.1 Å². The van der Waals surface area contributed by atoms with E-state index in [1.165, 1.54) is 6.42 Å².